The topological polar surface area (TPSA) is 52.6 Å². The van der Waals surface area contributed by atoms with E-state index >= 15 is 0 Å². The van der Waals surface area contributed by atoms with Crippen LogP contribution in [0.5, 0.6) is 0 Å². The Balaban J connectivity index is 0.00000300. The van der Waals surface area contributed by atoms with Gasteiger partial charge in [0.1, 0.15) is 11.6 Å². The summed E-state index contributed by atoms with van der Waals surface area (Å²) in [6.07, 6.45) is 5.38. The van der Waals surface area contributed by atoms with Crippen molar-refractivity contribution in [2.45, 2.75) is 30.7 Å². The number of rotatable bonds is 8. The first-order chi connectivity index (χ1) is 13.7. The molecule has 1 fully saturated rings. The van der Waals surface area contributed by atoms with E-state index in [-0.39, 0.29) is 29.8 Å². The van der Waals surface area contributed by atoms with E-state index < -0.39 is 0 Å². The van der Waals surface area contributed by atoms with E-state index in [9.17, 15) is 4.39 Å². The first-order valence-corrected chi connectivity index (χ1v) is 10.8. The number of hydrogen-bond acceptors (Lipinski definition) is 4. The Morgan fingerprint density at radius 2 is 1.93 bits per heavy atom. The van der Waals surface area contributed by atoms with E-state index in [1.165, 1.54) is 30.5 Å². The molecule has 1 aliphatic rings. The lowest BCUT2D eigenvalue weighted by molar-refractivity contribution is 0.626. The van der Waals surface area contributed by atoms with Gasteiger partial charge in [-0.15, -0.1) is 35.7 Å². The SMILES string of the molecule is CN=C(NCCCSc1ccc(F)cc1)NCc1ccnc(N2CCCC2)c1.I. The first kappa shape index (κ1) is 23.7. The fourth-order valence-electron chi connectivity index (χ4n) is 3.10. The van der Waals surface area contributed by atoms with Crippen molar-refractivity contribution in [2.24, 2.45) is 4.99 Å². The molecule has 0 atom stereocenters. The molecule has 0 saturated carbocycles. The molecule has 1 aliphatic heterocycles. The second kappa shape index (κ2) is 12.9. The smallest absolute Gasteiger partial charge is 0.191 e. The summed E-state index contributed by atoms with van der Waals surface area (Å²) in [6, 6.07) is 10.8. The van der Waals surface area contributed by atoms with Gasteiger partial charge >= 0.3 is 0 Å². The molecule has 0 radical (unpaired) electrons. The van der Waals surface area contributed by atoms with Crippen molar-refractivity contribution in [2.75, 3.05) is 37.3 Å². The third-order valence-corrected chi connectivity index (χ3v) is 5.72. The fourth-order valence-corrected chi connectivity index (χ4v) is 3.95. The van der Waals surface area contributed by atoms with E-state index in [4.69, 9.17) is 0 Å². The summed E-state index contributed by atoms with van der Waals surface area (Å²) in [7, 11) is 1.78. The van der Waals surface area contributed by atoms with Crippen molar-refractivity contribution in [1.29, 1.82) is 0 Å². The van der Waals surface area contributed by atoms with E-state index in [2.05, 4.69) is 31.6 Å². The molecule has 0 amide bonds. The van der Waals surface area contributed by atoms with Gasteiger partial charge in [0.05, 0.1) is 0 Å². The van der Waals surface area contributed by atoms with E-state index in [0.29, 0.717) is 6.54 Å². The summed E-state index contributed by atoms with van der Waals surface area (Å²) >= 11 is 1.73. The molecule has 2 aromatic rings. The molecule has 3 rings (SSSR count). The second-order valence-electron chi connectivity index (χ2n) is 6.72. The highest BCUT2D eigenvalue weighted by atomic mass is 127. The molecule has 1 aromatic carbocycles. The van der Waals surface area contributed by atoms with Gasteiger partial charge in [-0.1, -0.05) is 0 Å². The number of nitrogens with zero attached hydrogens (tertiary/aromatic N) is 3. The van der Waals surface area contributed by atoms with Crippen LogP contribution in [0, 0.1) is 5.82 Å². The van der Waals surface area contributed by atoms with Crippen LogP contribution in [0.2, 0.25) is 0 Å². The van der Waals surface area contributed by atoms with Crippen molar-refractivity contribution in [3.8, 4) is 0 Å². The monoisotopic (exact) mass is 529 g/mol. The van der Waals surface area contributed by atoms with Crippen molar-refractivity contribution in [3.63, 3.8) is 0 Å². The summed E-state index contributed by atoms with van der Waals surface area (Å²) < 4.78 is 12.9. The van der Waals surface area contributed by atoms with Crippen molar-refractivity contribution in [1.82, 2.24) is 15.6 Å². The summed E-state index contributed by atoms with van der Waals surface area (Å²) in [5, 5.41) is 6.71. The Morgan fingerprint density at radius 3 is 2.66 bits per heavy atom. The van der Waals surface area contributed by atoms with Gasteiger partial charge in [-0.25, -0.2) is 9.37 Å². The molecule has 0 unspecified atom stereocenters. The number of pyridine rings is 1. The van der Waals surface area contributed by atoms with Gasteiger partial charge in [-0.05, 0) is 67.0 Å². The maximum Gasteiger partial charge on any atom is 0.191 e. The zero-order valence-electron chi connectivity index (χ0n) is 16.7. The molecule has 2 N–H and O–H groups in total. The van der Waals surface area contributed by atoms with Gasteiger partial charge < -0.3 is 15.5 Å². The standard InChI is InChI=1S/C21H28FN5S.HI/c1-23-21(25-10-4-14-28-19-7-5-18(22)6-8-19)26-16-17-9-11-24-20(15-17)27-12-2-3-13-27;/h5-9,11,15H,2-4,10,12-14,16H2,1H3,(H2,23,25,26);1H. The van der Waals surface area contributed by atoms with Gasteiger partial charge in [-0.2, -0.15) is 0 Å². The highest BCUT2D eigenvalue weighted by molar-refractivity contribution is 14.0. The van der Waals surface area contributed by atoms with E-state index in [0.717, 1.165) is 48.5 Å². The molecule has 1 aromatic heterocycles. The van der Waals surface area contributed by atoms with Gasteiger partial charge in [0, 0.05) is 44.3 Å². The maximum atomic E-state index is 12.9. The van der Waals surface area contributed by atoms with Gasteiger partial charge in [0.15, 0.2) is 5.96 Å². The summed E-state index contributed by atoms with van der Waals surface area (Å²) in [5.74, 6) is 2.64. The fraction of sp³-hybridized carbons (Fsp3) is 0.429. The minimum Gasteiger partial charge on any atom is -0.357 e. The average Bonchev–Trinajstić information content (AvgIpc) is 3.26. The molecule has 2 heterocycles. The molecule has 0 bridgehead atoms. The molecule has 5 nitrogen and oxygen atoms in total. The normalized spacial score (nSPS) is 13.9. The van der Waals surface area contributed by atoms with Crippen LogP contribution in [-0.4, -0.2) is 43.4 Å². The van der Waals surface area contributed by atoms with Gasteiger partial charge in [0.25, 0.3) is 0 Å². The van der Waals surface area contributed by atoms with Crippen molar-refractivity contribution in [3.05, 3.63) is 54.0 Å². The molecule has 0 aliphatic carbocycles. The number of guanidine groups is 1. The Hall–Kier alpha value is -1.55. The molecule has 0 spiro atoms. The number of aliphatic imine (C=N–C) groups is 1. The lowest BCUT2D eigenvalue weighted by Gasteiger charge is -2.17. The second-order valence-corrected chi connectivity index (χ2v) is 7.89. The number of aromatic nitrogens is 1. The van der Waals surface area contributed by atoms with Crippen LogP contribution in [0.1, 0.15) is 24.8 Å². The zero-order valence-corrected chi connectivity index (χ0v) is 19.9. The molecule has 8 heteroatoms. The minimum atomic E-state index is -0.192. The number of benzene rings is 1. The largest absolute Gasteiger partial charge is 0.357 e. The van der Waals surface area contributed by atoms with Crippen LogP contribution >= 0.6 is 35.7 Å². The van der Waals surface area contributed by atoms with Gasteiger partial charge in [-0.3, -0.25) is 4.99 Å². The predicted molar refractivity (Wildman–Crippen MR) is 131 cm³/mol. The Kier molecular flexibility index (Phi) is 10.5. The summed E-state index contributed by atoms with van der Waals surface area (Å²) in [5.41, 5.74) is 1.20. The number of nitrogens with one attached hydrogen (secondary N) is 2. The number of hydrogen-bond donors (Lipinski definition) is 2. The van der Waals surface area contributed by atoms with Gasteiger partial charge in [0.2, 0.25) is 0 Å². The molecular formula is C21H29FIN5S. The quantitative estimate of drug-likeness (QED) is 0.176. The minimum absolute atomic E-state index is 0. The highest BCUT2D eigenvalue weighted by Gasteiger charge is 2.13. The predicted octanol–water partition coefficient (Wildman–Crippen LogP) is 4.29. The average molecular weight is 529 g/mol. The van der Waals surface area contributed by atoms with E-state index in [1.54, 1.807) is 18.8 Å². The molecule has 158 valence electrons. The lowest BCUT2D eigenvalue weighted by Crippen LogP contribution is -2.37. The van der Waals surface area contributed by atoms with Crippen LogP contribution in [0.4, 0.5) is 10.2 Å². The molecule has 1 saturated heterocycles. The van der Waals surface area contributed by atoms with Crippen molar-refractivity contribution >= 4 is 47.5 Å². The summed E-state index contributed by atoms with van der Waals surface area (Å²) in [4.78, 5) is 12.2. The third-order valence-electron chi connectivity index (χ3n) is 4.62. The highest BCUT2D eigenvalue weighted by Crippen LogP contribution is 2.19. The maximum absolute atomic E-state index is 12.9. The molecule has 29 heavy (non-hydrogen) atoms. The Bertz CT molecular complexity index is 766. The number of thioether (sulfide) groups is 1. The van der Waals surface area contributed by atoms with Crippen molar-refractivity contribution < 1.29 is 4.39 Å². The molecular weight excluding hydrogens is 500 g/mol. The van der Waals surface area contributed by atoms with E-state index in [1.807, 2.05) is 24.4 Å². The van der Waals surface area contributed by atoms with Crippen LogP contribution in [-0.2, 0) is 6.54 Å². The third kappa shape index (κ3) is 8.00. The van der Waals surface area contributed by atoms with Crippen LogP contribution in [0.25, 0.3) is 0 Å². The van der Waals surface area contributed by atoms with Crippen LogP contribution in [0.3, 0.4) is 0 Å². The number of halogens is 2. The summed E-state index contributed by atoms with van der Waals surface area (Å²) in [6.45, 7) is 3.75. The number of anilines is 1. The van der Waals surface area contributed by atoms with Crippen LogP contribution < -0.4 is 15.5 Å². The van der Waals surface area contributed by atoms with Crippen LogP contribution in [0.15, 0.2) is 52.5 Å². The Labute approximate surface area is 194 Å². The zero-order chi connectivity index (χ0) is 19.6. The Morgan fingerprint density at radius 1 is 1.17 bits per heavy atom. The lowest BCUT2D eigenvalue weighted by atomic mass is 10.2. The first-order valence-electron chi connectivity index (χ1n) is 9.77.